The summed E-state index contributed by atoms with van der Waals surface area (Å²) >= 11 is 1.19. The van der Waals surface area contributed by atoms with E-state index in [9.17, 15) is 17.6 Å². The fourth-order valence-corrected chi connectivity index (χ4v) is 2.33. The lowest BCUT2D eigenvalue weighted by molar-refractivity contribution is -0.136. The van der Waals surface area contributed by atoms with Crippen LogP contribution in [0.5, 0.6) is 0 Å². The molecular weight excluding hydrogens is 276 g/mol. The third kappa shape index (κ3) is 4.20. The van der Waals surface area contributed by atoms with E-state index in [1.54, 1.807) is 6.92 Å². The molecular formula is C14H18F4S. The van der Waals surface area contributed by atoms with E-state index in [0.29, 0.717) is 16.3 Å². The average molecular weight is 294 g/mol. The van der Waals surface area contributed by atoms with Crippen LogP contribution in [0.3, 0.4) is 0 Å². The number of benzene rings is 1. The van der Waals surface area contributed by atoms with Gasteiger partial charge in [-0.25, -0.2) is 4.39 Å². The van der Waals surface area contributed by atoms with E-state index in [-0.39, 0.29) is 5.39 Å². The Bertz CT molecular complexity index is 512. The van der Waals surface area contributed by atoms with Gasteiger partial charge in [0, 0.05) is 10.3 Å². The van der Waals surface area contributed by atoms with Gasteiger partial charge >= 0.3 is 6.18 Å². The third-order valence-corrected chi connectivity index (χ3v) is 3.11. The molecule has 1 aromatic heterocycles. The van der Waals surface area contributed by atoms with E-state index < -0.39 is 17.6 Å². The van der Waals surface area contributed by atoms with Gasteiger partial charge in [0.1, 0.15) is 5.82 Å². The molecule has 5 heteroatoms. The summed E-state index contributed by atoms with van der Waals surface area (Å²) in [6.07, 6.45) is -4.51. The van der Waals surface area contributed by atoms with Crippen LogP contribution in [0.1, 0.15) is 38.1 Å². The van der Waals surface area contributed by atoms with Gasteiger partial charge in [0.15, 0.2) is 0 Å². The summed E-state index contributed by atoms with van der Waals surface area (Å²) in [6.45, 7) is 9.67. The molecule has 0 aliphatic rings. The van der Waals surface area contributed by atoms with Crippen molar-refractivity contribution in [3.05, 3.63) is 33.8 Å². The molecule has 0 unspecified atom stereocenters. The summed E-state index contributed by atoms with van der Waals surface area (Å²) in [5.74, 6) is -0.851. The Morgan fingerprint density at radius 1 is 0.947 bits per heavy atom. The van der Waals surface area contributed by atoms with Gasteiger partial charge in [0.2, 0.25) is 0 Å². The van der Waals surface area contributed by atoms with Gasteiger partial charge in [-0.05, 0) is 29.8 Å². The van der Waals surface area contributed by atoms with Crippen molar-refractivity contribution >= 4 is 22.1 Å². The van der Waals surface area contributed by atoms with Gasteiger partial charge in [0.25, 0.3) is 0 Å². The smallest absolute Gasteiger partial charge is 0.207 e. The summed E-state index contributed by atoms with van der Waals surface area (Å²) in [5.41, 5.74) is -0.901. The SMILES string of the molecule is CC.CC.Cc1scc2c(C(F)(F)F)cc(F)cc12. The standard InChI is InChI=1S/C10H6F4S.2C2H6/c1-5-7-2-6(11)3-9(10(12,13)14)8(7)4-15-5;2*1-2/h2-4H,1H3;2*1-2H3. The van der Waals surface area contributed by atoms with Gasteiger partial charge < -0.3 is 0 Å². The van der Waals surface area contributed by atoms with Crippen LogP contribution in [0, 0.1) is 12.7 Å². The highest BCUT2D eigenvalue weighted by Crippen LogP contribution is 2.38. The van der Waals surface area contributed by atoms with Crippen molar-refractivity contribution in [3.8, 4) is 0 Å². The first-order valence-electron chi connectivity index (χ1n) is 6.14. The minimum absolute atomic E-state index is 0.0754. The molecule has 1 heterocycles. The summed E-state index contributed by atoms with van der Waals surface area (Å²) < 4.78 is 50.6. The van der Waals surface area contributed by atoms with Gasteiger partial charge in [-0.2, -0.15) is 13.2 Å². The molecule has 0 spiro atoms. The third-order valence-electron chi connectivity index (χ3n) is 2.18. The van der Waals surface area contributed by atoms with Crippen LogP contribution < -0.4 is 0 Å². The van der Waals surface area contributed by atoms with Crippen LogP contribution in [-0.2, 0) is 6.18 Å². The highest BCUT2D eigenvalue weighted by molar-refractivity contribution is 7.11. The van der Waals surface area contributed by atoms with Crippen LogP contribution in [0.4, 0.5) is 17.6 Å². The molecule has 0 nitrogen and oxygen atoms in total. The maximum atomic E-state index is 13.0. The van der Waals surface area contributed by atoms with Crippen LogP contribution in [0.2, 0.25) is 0 Å². The number of aryl methyl sites for hydroxylation is 1. The van der Waals surface area contributed by atoms with E-state index >= 15 is 0 Å². The lowest BCUT2D eigenvalue weighted by Crippen LogP contribution is -2.05. The molecule has 0 bridgehead atoms. The molecule has 19 heavy (non-hydrogen) atoms. The Morgan fingerprint density at radius 3 is 1.95 bits per heavy atom. The second-order valence-electron chi connectivity index (χ2n) is 3.20. The zero-order valence-corrected chi connectivity index (χ0v) is 12.5. The molecule has 1 aromatic carbocycles. The molecule has 0 radical (unpaired) electrons. The fraction of sp³-hybridized carbons (Fsp3) is 0.429. The van der Waals surface area contributed by atoms with Crippen LogP contribution in [0.25, 0.3) is 10.8 Å². The molecule has 108 valence electrons. The van der Waals surface area contributed by atoms with Crippen molar-refractivity contribution < 1.29 is 17.6 Å². The Labute approximate surface area is 115 Å². The topological polar surface area (TPSA) is 0 Å². The number of halogens is 4. The molecule has 0 aliphatic heterocycles. The van der Waals surface area contributed by atoms with E-state index in [1.807, 2.05) is 27.7 Å². The quantitative estimate of drug-likeness (QED) is 0.492. The molecule has 0 saturated carbocycles. The number of alkyl halides is 3. The van der Waals surface area contributed by atoms with Crippen molar-refractivity contribution in [1.29, 1.82) is 0 Å². The number of rotatable bonds is 0. The molecule has 0 atom stereocenters. The van der Waals surface area contributed by atoms with E-state index in [4.69, 9.17) is 0 Å². The Hall–Kier alpha value is -1.10. The minimum atomic E-state index is -4.51. The van der Waals surface area contributed by atoms with E-state index in [1.165, 1.54) is 16.7 Å². The molecule has 0 N–H and O–H groups in total. The maximum Gasteiger partial charge on any atom is 0.417 e. The molecule has 0 saturated heterocycles. The van der Waals surface area contributed by atoms with Gasteiger partial charge in [-0.3, -0.25) is 0 Å². The Balaban J connectivity index is 0.000000741. The first-order chi connectivity index (χ1) is 8.89. The maximum absolute atomic E-state index is 13.0. The van der Waals surface area contributed by atoms with Crippen molar-refractivity contribution in [1.82, 2.24) is 0 Å². The fourth-order valence-electron chi connectivity index (χ4n) is 1.48. The molecule has 2 rings (SSSR count). The van der Waals surface area contributed by atoms with Crippen molar-refractivity contribution in [2.45, 2.75) is 40.8 Å². The van der Waals surface area contributed by atoms with Crippen molar-refractivity contribution in [3.63, 3.8) is 0 Å². The molecule has 0 aliphatic carbocycles. The molecule has 0 fully saturated rings. The van der Waals surface area contributed by atoms with Crippen LogP contribution >= 0.6 is 11.3 Å². The zero-order chi connectivity index (χ0) is 15.2. The summed E-state index contributed by atoms with van der Waals surface area (Å²) in [4.78, 5) is 0.690. The summed E-state index contributed by atoms with van der Waals surface area (Å²) in [5, 5.41) is 1.83. The lowest BCUT2D eigenvalue weighted by Gasteiger charge is -2.08. The monoisotopic (exact) mass is 294 g/mol. The van der Waals surface area contributed by atoms with Crippen molar-refractivity contribution in [2.24, 2.45) is 0 Å². The second-order valence-corrected chi connectivity index (χ2v) is 4.29. The summed E-state index contributed by atoms with van der Waals surface area (Å²) in [7, 11) is 0. The zero-order valence-electron chi connectivity index (χ0n) is 11.7. The normalized spacial score (nSPS) is 10.4. The predicted molar refractivity (Wildman–Crippen MR) is 74.2 cm³/mol. The highest BCUT2D eigenvalue weighted by atomic mass is 32.1. The first-order valence-corrected chi connectivity index (χ1v) is 7.02. The number of thiophene rings is 1. The second kappa shape index (κ2) is 7.48. The average Bonchev–Trinajstić information content (AvgIpc) is 2.74. The van der Waals surface area contributed by atoms with Crippen LogP contribution in [0.15, 0.2) is 17.5 Å². The predicted octanol–water partition coefficient (Wildman–Crippen LogP) is 6.42. The molecule has 0 amide bonds. The number of hydrogen-bond donors (Lipinski definition) is 0. The largest absolute Gasteiger partial charge is 0.417 e. The van der Waals surface area contributed by atoms with Gasteiger partial charge in [-0.1, -0.05) is 27.7 Å². The first kappa shape index (κ1) is 17.9. The summed E-state index contributed by atoms with van der Waals surface area (Å²) in [6, 6.07) is 1.67. The Morgan fingerprint density at radius 2 is 1.47 bits per heavy atom. The Kier molecular flexibility index (Phi) is 7.05. The van der Waals surface area contributed by atoms with Gasteiger partial charge in [-0.15, -0.1) is 11.3 Å². The van der Waals surface area contributed by atoms with E-state index in [0.717, 1.165) is 6.07 Å². The highest BCUT2D eigenvalue weighted by Gasteiger charge is 2.33. The molecule has 2 aromatic rings. The number of fused-ring (bicyclic) bond motifs is 1. The van der Waals surface area contributed by atoms with Gasteiger partial charge in [0.05, 0.1) is 5.56 Å². The van der Waals surface area contributed by atoms with Crippen molar-refractivity contribution in [2.75, 3.05) is 0 Å². The number of hydrogen-bond acceptors (Lipinski definition) is 1. The lowest BCUT2D eigenvalue weighted by atomic mass is 10.1. The van der Waals surface area contributed by atoms with Crippen LogP contribution in [-0.4, -0.2) is 0 Å². The minimum Gasteiger partial charge on any atom is -0.207 e. The van der Waals surface area contributed by atoms with E-state index in [2.05, 4.69) is 0 Å².